The summed E-state index contributed by atoms with van der Waals surface area (Å²) in [6, 6.07) is 11.7. The molecule has 3 aromatic rings. The highest BCUT2D eigenvalue weighted by molar-refractivity contribution is 14.1. The van der Waals surface area contributed by atoms with Gasteiger partial charge in [-0.3, -0.25) is 4.79 Å². The highest BCUT2D eigenvalue weighted by Crippen LogP contribution is 2.35. The molecule has 0 aliphatic carbocycles. The topological polar surface area (TPSA) is 87.3 Å². The van der Waals surface area contributed by atoms with Crippen LogP contribution in [0.4, 0.5) is 9.18 Å². The molecule has 1 aliphatic rings. The second-order valence-corrected chi connectivity index (χ2v) is 10.1. The van der Waals surface area contributed by atoms with E-state index in [4.69, 9.17) is 4.74 Å². The lowest BCUT2D eigenvalue weighted by atomic mass is 10.0. The fourth-order valence-corrected chi connectivity index (χ4v) is 5.05. The number of hydrogen-bond donors (Lipinski definition) is 2. The van der Waals surface area contributed by atoms with Gasteiger partial charge in [0.2, 0.25) is 5.91 Å². The number of hydrogen-bond acceptors (Lipinski definition) is 4. The van der Waals surface area contributed by atoms with Gasteiger partial charge in [-0.15, -0.1) is 0 Å². The first kappa shape index (κ1) is 25.2. The maximum atomic E-state index is 14.4. The molecule has 1 aliphatic heterocycles. The van der Waals surface area contributed by atoms with Gasteiger partial charge in [-0.05, 0) is 65.1 Å². The monoisotopic (exact) mass is 590 g/mol. The minimum Gasteiger partial charge on any atom is -0.453 e. The summed E-state index contributed by atoms with van der Waals surface area (Å²) in [6.07, 6.45) is 2.74. The Morgan fingerprint density at radius 3 is 2.71 bits per heavy atom. The van der Waals surface area contributed by atoms with Gasteiger partial charge >= 0.3 is 6.09 Å². The van der Waals surface area contributed by atoms with Crippen molar-refractivity contribution < 1.29 is 18.7 Å². The lowest BCUT2D eigenvalue weighted by molar-refractivity contribution is -0.135. The van der Waals surface area contributed by atoms with Crippen LogP contribution in [0.3, 0.4) is 0 Å². The molecule has 0 saturated carbocycles. The number of carbonyl (C=O) groups is 2. The Kier molecular flexibility index (Phi) is 7.73. The third-order valence-corrected chi connectivity index (χ3v) is 7.22. The van der Waals surface area contributed by atoms with E-state index in [2.05, 4.69) is 37.9 Å². The van der Waals surface area contributed by atoms with Crippen LogP contribution >= 0.6 is 22.6 Å². The number of aromatic amines is 1. The molecule has 2 aromatic carbocycles. The summed E-state index contributed by atoms with van der Waals surface area (Å²) < 4.78 is 20.1. The number of likely N-dealkylation sites (tertiary alicyclic amines) is 1. The lowest BCUT2D eigenvalue weighted by Crippen LogP contribution is -2.51. The molecule has 2 atom stereocenters. The number of rotatable bonds is 6. The van der Waals surface area contributed by atoms with Crippen LogP contribution in [0.1, 0.15) is 38.6 Å². The number of nitrogens with zero attached hydrogens (tertiary/aromatic N) is 2. The van der Waals surface area contributed by atoms with Gasteiger partial charge in [0.25, 0.3) is 0 Å². The molecule has 1 fully saturated rings. The first-order valence-electron chi connectivity index (χ1n) is 11.5. The molecule has 1 unspecified atom stereocenters. The highest BCUT2D eigenvalue weighted by atomic mass is 127. The zero-order valence-corrected chi connectivity index (χ0v) is 22.0. The van der Waals surface area contributed by atoms with E-state index < -0.39 is 12.1 Å². The third kappa shape index (κ3) is 5.34. The molecule has 1 saturated heterocycles. The normalized spacial score (nSPS) is 16.4. The summed E-state index contributed by atoms with van der Waals surface area (Å²) in [5.74, 6) is 0.172. The third-order valence-electron chi connectivity index (χ3n) is 6.28. The van der Waals surface area contributed by atoms with Crippen molar-refractivity contribution in [2.45, 2.75) is 38.8 Å². The molecule has 0 bridgehead atoms. The number of H-pyrrole nitrogens is 1. The molecular weight excluding hydrogens is 562 g/mol. The number of nitrogens with one attached hydrogen (secondary N) is 2. The van der Waals surface area contributed by atoms with Crippen molar-refractivity contribution in [1.29, 1.82) is 0 Å². The van der Waals surface area contributed by atoms with E-state index in [9.17, 15) is 14.0 Å². The summed E-state index contributed by atoms with van der Waals surface area (Å²) >= 11 is 2.21. The van der Waals surface area contributed by atoms with Crippen LogP contribution in [0.5, 0.6) is 0 Å². The highest BCUT2D eigenvalue weighted by Gasteiger charge is 2.37. The van der Waals surface area contributed by atoms with Crippen molar-refractivity contribution in [2.75, 3.05) is 13.7 Å². The van der Waals surface area contributed by atoms with E-state index in [0.29, 0.717) is 17.9 Å². The van der Waals surface area contributed by atoms with Crippen molar-refractivity contribution in [3.05, 3.63) is 63.9 Å². The van der Waals surface area contributed by atoms with Gasteiger partial charge in [-0.2, -0.15) is 0 Å². The summed E-state index contributed by atoms with van der Waals surface area (Å²) in [7, 11) is 1.28. The van der Waals surface area contributed by atoms with Gasteiger partial charge in [0.15, 0.2) is 0 Å². The molecule has 0 radical (unpaired) electrons. The first-order valence-corrected chi connectivity index (χ1v) is 12.6. The second-order valence-electron chi connectivity index (χ2n) is 8.90. The molecule has 9 heteroatoms. The minimum absolute atomic E-state index is 0.0985. The number of amides is 2. The van der Waals surface area contributed by atoms with E-state index in [0.717, 1.165) is 33.2 Å². The molecular formula is C26H28FIN4O3. The van der Waals surface area contributed by atoms with Crippen molar-refractivity contribution in [3.8, 4) is 22.4 Å². The van der Waals surface area contributed by atoms with Crippen LogP contribution < -0.4 is 5.32 Å². The fourth-order valence-electron chi connectivity index (χ4n) is 4.42. The standard InChI is InChI=1S/C26H28FIN4O3/c1-15(2)23(31-26(34)35-3)25(33)32-12-6-9-22(32)24-29-14-21(30-24)16-10-11-20(28)18(13-16)17-7-4-5-8-19(17)27/h4-5,7-8,10-11,13-15,22-23H,6,9,12H2,1-3H3,(H,29,30)(H,31,34)/t22?,23-/m0/s1. The summed E-state index contributed by atoms with van der Waals surface area (Å²) in [4.78, 5) is 34.9. The Labute approximate surface area is 217 Å². The number of benzene rings is 2. The molecule has 1 aromatic heterocycles. The molecule has 4 rings (SSSR count). The second kappa shape index (κ2) is 10.8. The quantitative estimate of drug-likeness (QED) is 0.370. The predicted octanol–water partition coefficient (Wildman–Crippen LogP) is 5.53. The van der Waals surface area contributed by atoms with E-state index in [-0.39, 0.29) is 23.7 Å². The molecule has 184 valence electrons. The smallest absolute Gasteiger partial charge is 0.407 e. The molecule has 2 N–H and O–H groups in total. The lowest BCUT2D eigenvalue weighted by Gasteiger charge is -2.30. The van der Waals surface area contributed by atoms with E-state index in [1.165, 1.54) is 13.2 Å². The number of imidazole rings is 1. The van der Waals surface area contributed by atoms with Crippen LogP contribution in [0, 0.1) is 15.3 Å². The molecule has 2 amide bonds. The van der Waals surface area contributed by atoms with Gasteiger partial charge in [0.1, 0.15) is 17.7 Å². The van der Waals surface area contributed by atoms with Crippen LogP contribution in [0.2, 0.25) is 0 Å². The summed E-state index contributed by atoms with van der Waals surface area (Å²) in [5.41, 5.74) is 3.03. The largest absolute Gasteiger partial charge is 0.453 e. The van der Waals surface area contributed by atoms with Crippen molar-refractivity contribution in [3.63, 3.8) is 0 Å². The first-order chi connectivity index (χ1) is 16.8. The van der Waals surface area contributed by atoms with Crippen molar-refractivity contribution in [2.24, 2.45) is 5.92 Å². The number of aromatic nitrogens is 2. The van der Waals surface area contributed by atoms with E-state index in [1.54, 1.807) is 23.2 Å². The number of carbonyl (C=O) groups excluding carboxylic acids is 2. The van der Waals surface area contributed by atoms with Gasteiger partial charge < -0.3 is 19.9 Å². The Morgan fingerprint density at radius 2 is 2.00 bits per heavy atom. The number of methoxy groups -OCH3 is 1. The summed E-state index contributed by atoms with van der Waals surface area (Å²) in [6.45, 7) is 4.36. The summed E-state index contributed by atoms with van der Waals surface area (Å²) in [5, 5.41) is 2.66. The Bertz CT molecular complexity index is 1230. The van der Waals surface area contributed by atoms with Crippen molar-refractivity contribution >= 4 is 34.6 Å². The Balaban J connectivity index is 1.60. The molecule has 7 nitrogen and oxygen atoms in total. The van der Waals surface area contributed by atoms with Gasteiger partial charge in [-0.25, -0.2) is 14.2 Å². The SMILES string of the molecule is COC(=O)N[C@H](C(=O)N1CCCC1c1ncc(-c2ccc(I)c(-c3ccccc3F)c2)[nH]1)C(C)C. The van der Waals surface area contributed by atoms with Crippen LogP contribution in [-0.4, -0.2) is 46.6 Å². The zero-order chi connectivity index (χ0) is 25.1. The average Bonchev–Trinajstić information content (AvgIpc) is 3.52. The van der Waals surface area contributed by atoms with Gasteiger partial charge in [0, 0.05) is 21.2 Å². The van der Waals surface area contributed by atoms with Gasteiger partial charge in [0.05, 0.1) is 25.0 Å². The predicted molar refractivity (Wildman–Crippen MR) is 140 cm³/mol. The maximum Gasteiger partial charge on any atom is 0.407 e. The maximum absolute atomic E-state index is 14.4. The minimum atomic E-state index is -0.683. The van der Waals surface area contributed by atoms with Crippen molar-refractivity contribution in [1.82, 2.24) is 20.2 Å². The number of halogens is 2. The fraction of sp³-hybridized carbons (Fsp3) is 0.346. The van der Waals surface area contributed by atoms with Gasteiger partial charge in [-0.1, -0.05) is 38.1 Å². The van der Waals surface area contributed by atoms with E-state index in [1.807, 2.05) is 38.1 Å². The number of alkyl carbamates (subject to hydrolysis) is 1. The number of ether oxygens (including phenoxy) is 1. The average molecular weight is 590 g/mol. The Hall–Kier alpha value is -2.95. The molecule has 0 spiro atoms. The Morgan fingerprint density at radius 1 is 1.23 bits per heavy atom. The van der Waals surface area contributed by atoms with E-state index >= 15 is 0 Å². The van der Waals surface area contributed by atoms with Crippen LogP contribution in [0.25, 0.3) is 22.4 Å². The molecule has 2 heterocycles. The molecule has 35 heavy (non-hydrogen) atoms. The van der Waals surface area contributed by atoms with Crippen LogP contribution in [-0.2, 0) is 9.53 Å². The zero-order valence-electron chi connectivity index (χ0n) is 19.8. The van der Waals surface area contributed by atoms with Crippen LogP contribution in [0.15, 0.2) is 48.7 Å².